The minimum absolute atomic E-state index is 0.289. The lowest BCUT2D eigenvalue weighted by molar-refractivity contribution is -0.113. The first-order valence-electron chi connectivity index (χ1n) is 2.28. The third kappa shape index (κ3) is 1.20. The largest absolute Gasteiger partial charge is 0.298 e. The molecule has 1 radical (unpaired) electrons. The number of ketones is 1. The molecular weight excluding hydrogens is 108 g/mol. The number of Topliss-reactive ketones (excluding diaryl/α,β-unsaturated/α-hetero) is 1. The van der Waals surface area contributed by atoms with Crippen molar-refractivity contribution in [2.24, 2.45) is 0 Å². The van der Waals surface area contributed by atoms with E-state index in [9.17, 15) is 4.79 Å². The van der Waals surface area contributed by atoms with Crippen molar-refractivity contribution < 1.29 is 4.79 Å². The molecule has 0 amide bonds. The number of carbonyl (C=O) groups is 1. The molecule has 0 aliphatic carbocycles. The van der Waals surface area contributed by atoms with Crippen molar-refractivity contribution in [3.63, 3.8) is 0 Å². The van der Waals surface area contributed by atoms with Gasteiger partial charge in [0.1, 0.15) is 5.78 Å². The van der Waals surface area contributed by atoms with Crippen molar-refractivity contribution in [3.8, 4) is 0 Å². The summed E-state index contributed by atoms with van der Waals surface area (Å²) in [6, 6.07) is 0. The fourth-order valence-corrected chi connectivity index (χ4v) is 1.34. The molecule has 2 heteroatoms. The van der Waals surface area contributed by atoms with E-state index in [0.29, 0.717) is 11.0 Å². The second kappa shape index (κ2) is 1.86. The minimum Gasteiger partial charge on any atom is -0.298 e. The highest BCUT2D eigenvalue weighted by atomic mass is 32.2. The molecule has 0 aromatic carbocycles. The molecule has 39 valence electrons. The van der Waals surface area contributed by atoms with E-state index in [2.05, 4.69) is 0 Å². The number of hydrogen-bond acceptors (Lipinski definition) is 2. The minimum atomic E-state index is 0.289. The van der Waals surface area contributed by atoms with Crippen LogP contribution in [0, 0.1) is 6.42 Å². The van der Waals surface area contributed by atoms with Crippen LogP contribution in [-0.4, -0.2) is 16.8 Å². The fourth-order valence-electron chi connectivity index (χ4n) is 0.572. The molecule has 0 saturated carbocycles. The number of rotatable bonds is 0. The summed E-state index contributed by atoms with van der Waals surface area (Å²) in [4.78, 5) is 10.4. The van der Waals surface area contributed by atoms with Crippen molar-refractivity contribution >= 4 is 17.5 Å². The zero-order valence-electron chi connectivity index (χ0n) is 4.18. The Kier molecular flexibility index (Phi) is 1.38. The zero-order chi connectivity index (χ0) is 5.28. The molecule has 1 fully saturated rings. The quantitative estimate of drug-likeness (QED) is 0.466. The first-order chi connectivity index (χ1) is 3.29. The third-order valence-corrected chi connectivity index (χ3v) is 2.02. The second-order valence-electron chi connectivity index (χ2n) is 1.65. The van der Waals surface area contributed by atoms with E-state index in [1.165, 1.54) is 0 Å². The predicted molar refractivity (Wildman–Crippen MR) is 31.2 cm³/mol. The van der Waals surface area contributed by atoms with Gasteiger partial charge in [-0.15, -0.1) is 0 Å². The Labute approximate surface area is 47.5 Å². The second-order valence-corrected chi connectivity index (χ2v) is 3.01. The maximum Gasteiger partial charge on any atom is 0.147 e. The molecule has 7 heavy (non-hydrogen) atoms. The molecule has 1 atom stereocenters. The normalized spacial score (nSPS) is 31.6. The Bertz CT molecular complexity index is 90.1. The lowest BCUT2D eigenvalue weighted by Gasteiger charge is -1.89. The Morgan fingerprint density at radius 1 is 2.00 bits per heavy atom. The number of thioether (sulfide) groups is 1. The molecule has 1 unspecified atom stereocenters. The summed E-state index contributed by atoms with van der Waals surface area (Å²) in [5, 5.41) is 0.465. The van der Waals surface area contributed by atoms with Gasteiger partial charge in [0.25, 0.3) is 0 Å². The third-order valence-electron chi connectivity index (χ3n) is 0.909. The summed E-state index contributed by atoms with van der Waals surface area (Å²) in [5.41, 5.74) is 0. The van der Waals surface area contributed by atoms with Crippen molar-refractivity contribution in [1.82, 2.24) is 0 Å². The van der Waals surface area contributed by atoms with Crippen LogP contribution in [0.5, 0.6) is 0 Å². The monoisotopic (exact) mass is 115 g/mol. The molecule has 1 aliphatic heterocycles. The smallest absolute Gasteiger partial charge is 0.147 e. The van der Waals surface area contributed by atoms with Gasteiger partial charge in [0.15, 0.2) is 0 Å². The van der Waals surface area contributed by atoms with Crippen LogP contribution in [0.15, 0.2) is 0 Å². The van der Waals surface area contributed by atoms with E-state index in [1.807, 2.05) is 6.92 Å². The van der Waals surface area contributed by atoms with E-state index >= 15 is 0 Å². The van der Waals surface area contributed by atoms with E-state index < -0.39 is 0 Å². The Morgan fingerprint density at radius 2 is 2.71 bits per heavy atom. The summed E-state index contributed by atoms with van der Waals surface area (Å²) in [5.74, 6) is 0.985. The fraction of sp³-hybridized carbons (Fsp3) is 0.600. The molecular formula is C5H7OS. The van der Waals surface area contributed by atoms with Crippen molar-refractivity contribution in [2.75, 3.05) is 5.75 Å². The van der Waals surface area contributed by atoms with Gasteiger partial charge in [0, 0.05) is 11.7 Å². The van der Waals surface area contributed by atoms with Gasteiger partial charge in [-0.3, -0.25) is 4.79 Å². The van der Waals surface area contributed by atoms with E-state index in [-0.39, 0.29) is 5.78 Å². The number of hydrogen-bond donors (Lipinski definition) is 0. The highest BCUT2D eigenvalue weighted by Gasteiger charge is 2.17. The van der Waals surface area contributed by atoms with Gasteiger partial charge in [0.05, 0.1) is 5.75 Å². The predicted octanol–water partition coefficient (Wildman–Crippen LogP) is 0.895. The lowest BCUT2D eigenvalue weighted by atomic mass is 10.3. The molecule has 0 bridgehead atoms. The summed E-state index contributed by atoms with van der Waals surface area (Å²) in [7, 11) is 0. The molecule has 1 saturated heterocycles. The highest BCUT2D eigenvalue weighted by molar-refractivity contribution is 8.01. The summed E-state index contributed by atoms with van der Waals surface area (Å²) in [6.07, 6.45) is 1.77. The molecule has 1 rings (SSSR count). The molecule has 1 nitrogen and oxygen atoms in total. The molecule has 0 N–H and O–H groups in total. The molecule has 1 aliphatic rings. The first kappa shape index (κ1) is 5.16. The van der Waals surface area contributed by atoms with Gasteiger partial charge in [-0.05, 0) is 0 Å². The summed E-state index contributed by atoms with van der Waals surface area (Å²) in [6.45, 7) is 2.04. The lowest BCUT2D eigenvalue weighted by Crippen LogP contribution is -1.95. The maximum absolute atomic E-state index is 10.4. The van der Waals surface area contributed by atoms with Crippen LogP contribution in [0.1, 0.15) is 6.92 Å². The van der Waals surface area contributed by atoms with Gasteiger partial charge in [-0.1, -0.05) is 6.92 Å². The van der Waals surface area contributed by atoms with E-state index in [1.54, 1.807) is 18.2 Å². The van der Waals surface area contributed by atoms with Crippen LogP contribution in [0.4, 0.5) is 0 Å². The number of carbonyl (C=O) groups excluding carboxylic acids is 1. The highest BCUT2D eigenvalue weighted by Crippen LogP contribution is 2.20. The van der Waals surface area contributed by atoms with Gasteiger partial charge >= 0.3 is 0 Å². The van der Waals surface area contributed by atoms with Crippen molar-refractivity contribution in [3.05, 3.63) is 6.42 Å². The molecule has 0 spiro atoms. The summed E-state index contributed by atoms with van der Waals surface area (Å²) >= 11 is 1.70. The van der Waals surface area contributed by atoms with Crippen LogP contribution >= 0.6 is 11.8 Å². The van der Waals surface area contributed by atoms with Crippen LogP contribution in [0.25, 0.3) is 0 Å². The Morgan fingerprint density at radius 3 is 2.86 bits per heavy atom. The maximum atomic E-state index is 10.4. The van der Waals surface area contributed by atoms with Crippen LogP contribution in [-0.2, 0) is 4.79 Å². The standard InChI is InChI=1S/C5H7OS/c1-4-2-5(6)3-7-4/h2,4H,3H2,1H3. The Hall–Kier alpha value is 0.0200. The van der Waals surface area contributed by atoms with Crippen LogP contribution < -0.4 is 0 Å². The van der Waals surface area contributed by atoms with Crippen LogP contribution in [0.2, 0.25) is 0 Å². The summed E-state index contributed by atoms with van der Waals surface area (Å²) < 4.78 is 0. The zero-order valence-corrected chi connectivity index (χ0v) is 4.99. The van der Waals surface area contributed by atoms with Gasteiger partial charge in [-0.2, -0.15) is 11.8 Å². The Balaban J connectivity index is 2.40. The average Bonchev–Trinajstić information content (AvgIpc) is 1.87. The van der Waals surface area contributed by atoms with Gasteiger partial charge < -0.3 is 0 Å². The van der Waals surface area contributed by atoms with Crippen molar-refractivity contribution in [2.45, 2.75) is 12.2 Å². The van der Waals surface area contributed by atoms with E-state index in [4.69, 9.17) is 0 Å². The molecule has 0 aromatic heterocycles. The average molecular weight is 115 g/mol. The van der Waals surface area contributed by atoms with Gasteiger partial charge in [-0.25, -0.2) is 0 Å². The molecule has 0 aromatic rings. The van der Waals surface area contributed by atoms with Crippen LogP contribution in [0.3, 0.4) is 0 Å². The molecule has 1 heterocycles. The van der Waals surface area contributed by atoms with E-state index in [0.717, 1.165) is 0 Å². The topological polar surface area (TPSA) is 17.1 Å². The SMILES string of the molecule is CC1[CH]C(=O)CS1. The van der Waals surface area contributed by atoms with Crippen molar-refractivity contribution in [1.29, 1.82) is 0 Å². The van der Waals surface area contributed by atoms with Gasteiger partial charge in [0.2, 0.25) is 0 Å². The first-order valence-corrected chi connectivity index (χ1v) is 3.33.